The average molecular weight is 320 g/mol. The van der Waals surface area contributed by atoms with Crippen molar-refractivity contribution in [1.82, 2.24) is 9.88 Å². The van der Waals surface area contributed by atoms with Crippen molar-refractivity contribution >= 4 is 11.3 Å². The van der Waals surface area contributed by atoms with Gasteiger partial charge < -0.3 is 9.84 Å². The molecular weight excluding hydrogens is 296 g/mol. The molecule has 0 fully saturated rings. The van der Waals surface area contributed by atoms with Gasteiger partial charge in [-0.15, -0.1) is 11.3 Å². The smallest absolute Gasteiger partial charge is 0.122 e. The van der Waals surface area contributed by atoms with Crippen LogP contribution in [0.2, 0.25) is 0 Å². The molecule has 2 atom stereocenters. The Kier molecular flexibility index (Phi) is 6.51. The quantitative estimate of drug-likeness (QED) is 0.809. The Morgan fingerprint density at radius 1 is 1.32 bits per heavy atom. The molecule has 22 heavy (non-hydrogen) atoms. The minimum Gasteiger partial charge on any atom is -0.396 e. The summed E-state index contributed by atoms with van der Waals surface area (Å²) >= 11 is 1.63. The van der Waals surface area contributed by atoms with Gasteiger partial charge in [0, 0.05) is 31.7 Å². The largest absolute Gasteiger partial charge is 0.396 e. The molecule has 0 spiro atoms. The van der Waals surface area contributed by atoms with E-state index in [-0.39, 0.29) is 18.8 Å². The van der Waals surface area contributed by atoms with Crippen LogP contribution in [0.15, 0.2) is 35.7 Å². The van der Waals surface area contributed by atoms with Gasteiger partial charge in [0.15, 0.2) is 0 Å². The van der Waals surface area contributed by atoms with Crippen LogP contribution in [-0.4, -0.2) is 35.8 Å². The van der Waals surface area contributed by atoms with E-state index in [0.29, 0.717) is 6.42 Å². The van der Waals surface area contributed by atoms with Gasteiger partial charge in [-0.2, -0.15) is 0 Å². The van der Waals surface area contributed by atoms with E-state index in [0.717, 1.165) is 17.2 Å². The van der Waals surface area contributed by atoms with Crippen LogP contribution in [0, 0.1) is 0 Å². The predicted molar refractivity (Wildman–Crippen MR) is 89.9 cm³/mol. The number of hydrogen-bond donors (Lipinski definition) is 1. The van der Waals surface area contributed by atoms with Crippen molar-refractivity contribution in [3.05, 3.63) is 52.0 Å². The molecule has 1 aromatic carbocycles. The highest BCUT2D eigenvalue weighted by molar-refractivity contribution is 7.09. The number of nitrogens with zero attached hydrogens (tertiary/aromatic N) is 2. The Hall–Kier alpha value is -1.27. The molecule has 0 aliphatic heterocycles. The molecule has 4 nitrogen and oxygen atoms in total. The third kappa shape index (κ3) is 4.36. The number of aliphatic hydroxyl groups is 1. The molecule has 0 aliphatic carbocycles. The Bertz CT molecular complexity index is 559. The maximum Gasteiger partial charge on any atom is 0.122 e. The first-order chi connectivity index (χ1) is 10.7. The van der Waals surface area contributed by atoms with Gasteiger partial charge >= 0.3 is 0 Å². The van der Waals surface area contributed by atoms with Gasteiger partial charge in [0.25, 0.3) is 0 Å². The molecule has 120 valence electrons. The number of hydrogen-bond acceptors (Lipinski definition) is 5. The summed E-state index contributed by atoms with van der Waals surface area (Å²) in [4.78, 5) is 6.88. The minimum absolute atomic E-state index is 0.0337. The molecular formula is C17H24N2O2S. The van der Waals surface area contributed by atoms with E-state index in [2.05, 4.69) is 34.4 Å². The van der Waals surface area contributed by atoms with Gasteiger partial charge in [-0.1, -0.05) is 30.3 Å². The molecule has 1 heterocycles. The summed E-state index contributed by atoms with van der Waals surface area (Å²) < 4.78 is 5.31. The summed E-state index contributed by atoms with van der Waals surface area (Å²) in [5.74, 6) is 0. The SMILES string of the molecule is COC(C)c1nc(CN(C)C(CCO)c2ccccc2)cs1. The van der Waals surface area contributed by atoms with Crippen LogP contribution in [0.25, 0.3) is 0 Å². The van der Waals surface area contributed by atoms with Crippen LogP contribution in [0.5, 0.6) is 0 Å². The van der Waals surface area contributed by atoms with Gasteiger partial charge in [0.05, 0.1) is 5.69 Å². The Morgan fingerprint density at radius 3 is 2.68 bits per heavy atom. The summed E-state index contributed by atoms with van der Waals surface area (Å²) in [6, 6.07) is 10.5. The van der Waals surface area contributed by atoms with Crippen molar-refractivity contribution in [3.63, 3.8) is 0 Å². The third-order valence-corrected chi connectivity index (χ3v) is 4.86. The lowest BCUT2D eigenvalue weighted by Gasteiger charge is -2.27. The number of benzene rings is 1. The fraction of sp³-hybridized carbons (Fsp3) is 0.471. The van der Waals surface area contributed by atoms with Crippen molar-refractivity contribution < 1.29 is 9.84 Å². The number of rotatable bonds is 8. The van der Waals surface area contributed by atoms with Crippen LogP contribution >= 0.6 is 11.3 Å². The first kappa shape index (κ1) is 17.1. The minimum atomic E-state index is 0.0337. The second kappa shape index (κ2) is 8.39. The van der Waals surface area contributed by atoms with Crippen molar-refractivity contribution in [2.45, 2.75) is 32.0 Å². The summed E-state index contributed by atoms with van der Waals surface area (Å²) in [6.45, 7) is 2.93. The fourth-order valence-corrected chi connectivity index (χ4v) is 3.33. The second-order valence-electron chi connectivity index (χ2n) is 5.41. The van der Waals surface area contributed by atoms with E-state index in [1.165, 1.54) is 5.56 Å². The molecule has 0 amide bonds. The van der Waals surface area contributed by atoms with E-state index in [9.17, 15) is 5.11 Å². The summed E-state index contributed by atoms with van der Waals surface area (Å²) in [5, 5.41) is 12.5. The normalized spacial score (nSPS) is 14.2. The van der Waals surface area contributed by atoms with E-state index in [1.807, 2.05) is 25.1 Å². The van der Waals surface area contributed by atoms with Gasteiger partial charge in [0.1, 0.15) is 11.1 Å². The molecule has 2 aromatic rings. The number of ether oxygens (including phenoxy) is 1. The molecule has 0 saturated carbocycles. The van der Waals surface area contributed by atoms with Gasteiger partial charge in [-0.05, 0) is 26.0 Å². The molecule has 2 unspecified atom stereocenters. The van der Waals surface area contributed by atoms with Crippen molar-refractivity contribution in [1.29, 1.82) is 0 Å². The maximum absolute atomic E-state index is 9.37. The van der Waals surface area contributed by atoms with E-state index >= 15 is 0 Å². The molecule has 2 rings (SSSR count). The standard InChI is InChI=1S/C17H24N2O2S/c1-13(21-3)17-18-15(12-22-17)11-19(2)16(9-10-20)14-7-5-4-6-8-14/h4-8,12-13,16,20H,9-11H2,1-3H3. The Balaban J connectivity index is 2.08. The number of methoxy groups -OCH3 is 1. The highest BCUT2D eigenvalue weighted by Crippen LogP contribution is 2.26. The van der Waals surface area contributed by atoms with Crippen LogP contribution in [-0.2, 0) is 11.3 Å². The van der Waals surface area contributed by atoms with Gasteiger partial charge in [-0.3, -0.25) is 4.90 Å². The molecule has 1 aromatic heterocycles. The van der Waals surface area contributed by atoms with Crippen molar-refractivity contribution in [2.24, 2.45) is 0 Å². The number of thiazole rings is 1. The summed E-state index contributed by atoms with van der Waals surface area (Å²) in [5.41, 5.74) is 2.27. The molecule has 0 bridgehead atoms. The zero-order valence-electron chi connectivity index (χ0n) is 13.4. The lowest BCUT2D eigenvalue weighted by atomic mass is 10.0. The zero-order valence-corrected chi connectivity index (χ0v) is 14.2. The predicted octanol–water partition coefficient (Wildman–Crippen LogP) is 3.41. The van der Waals surface area contributed by atoms with Crippen molar-refractivity contribution in [2.75, 3.05) is 20.8 Å². The first-order valence-electron chi connectivity index (χ1n) is 7.48. The maximum atomic E-state index is 9.37. The van der Waals surface area contributed by atoms with E-state index in [4.69, 9.17) is 4.74 Å². The number of aromatic nitrogens is 1. The van der Waals surface area contributed by atoms with E-state index in [1.54, 1.807) is 18.4 Å². The lowest BCUT2D eigenvalue weighted by molar-refractivity contribution is 0.119. The first-order valence-corrected chi connectivity index (χ1v) is 8.36. The van der Waals surface area contributed by atoms with Crippen LogP contribution in [0.3, 0.4) is 0 Å². The van der Waals surface area contributed by atoms with Gasteiger partial charge in [-0.25, -0.2) is 4.98 Å². The molecule has 0 saturated heterocycles. The summed E-state index contributed by atoms with van der Waals surface area (Å²) in [7, 11) is 3.77. The monoisotopic (exact) mass is 320 g/mol. The Morgan fingerprint density at radius 2 is 2.05 bits per heavy atom. The van der Waals surface area contributed by atoms with Crippen LogP contribution < -0.4 is 0 Å². The highest BCUT2D eigenvalue weighted by Gasteiger charge is 2.18. The zero-order chi connectivity index (χ0) is 15.9. The fourth-order valence-electron chi connectivity index (χ4n) is 2.49. The summed E-state index contributed by atoms with van der Waals surface area (Å²) in [6.07, 6.45) is 0.748. The van der Waals surface area contributed by atoms with Crippen LogP contribution in [0.1, 0.15) is 41.8 Å². The number of aliphatic hydroxyl groups excluding tert-OH is 1. The van der Waals surface area contributed by atoms with E-state index < -0.39 is 0 Å². The van der Waals surface area contributed by atoms with Crippen LogP contribution in [0.4, 0.5) is 0 Å². The molecule has 1 N–H and O–H groups in total. The molecule has 5 heteroatoms. The average Bonchev–Trinajstić information content (AvgIpc) is 3.01. The third-order valence-electron chi connectivity index (χ3n) is 3.80. The second-order valence-corrected chi connectivity index (χ2v) is 6.30. The van der Waals surface area contributed by atoms with Gasteiger partial charge in [0.2, 0.25) is 0 Å². The lowest BCUT2D eigenvalue weighted by Crippen LogP contribution is -2.25. The molecule has 0 radical (unpaired) electrons. The van der Waals surface area contributed by atoms with Crippen molar-refractivity contribution in [3.8, 4) is 0 Å². The molecule has 0 aliphatic rings. The Labute approximate surface area is 136 Å². The highest BCUT2D eigenvalue weighted by atomic mass is 32.1. The topological polar surface area (TPSA) is 45.6 Å².